The van der Waals surface area contributed by atoms with Crippen LogP contribution < -0.4 is 9.64 Å². The number of nitrogens with zero attached hydrogens (tertiary/aromatic N) is 6. The molecule has 10 nitrogen and oxygen atoms in total. The first-order chi connectivity index (χ1) is 16.1. The van der Waals surface area contributed by atoms with Crippen LogP contribution in [-0.2, 0) is 29.0 Å². The third kappa shape index (κ3) is 3.17. The summed E-state index contributed by atoms with van der Waals surface area (Å²) in [6, 6.07) is 11.4. The third-order valence-corrected chi connectivity index (χ3v) is 6.31. The number of rotatable bonds is 5. The summed E-state index contributed by atoms with van der Waals surface area (Å²) in [6.45, 7) is 0.0743. The number of carbonyl (C=O) groups excluding carboxylic acids is 2. The van der Waals surface area contributed by atoms with Crippen LogP contribution >= 0.6 is 0 Å². The highest BCUT2D eigenvalue weighted by Crippen LogP contribution is 2.35. The molecule has 1 aliphatic carbocycles. The number of hydrogen-bond acceptors (Lipinski definition) is 9. The van der Waals surface area contributed by atoms with E-state index in [9.17, 15) is 9.59 Å². The number of methoxy groups -OCH3 is 1. The van der Waals surface area contributed by atoms with Gasteiger partial charge in [0.1, 0.15) is 12.3 Å². The molecular weight excluding hydrogens is 424 g/mol. The zero-order valence-electron chi connectivity index (χ0n) is 17.8. The Morgan fingerprint density at radius 2 is 1.88 bits per heavy atom. The predicted octanol–water partition coefficient (Wildman–Crippen LogP) is 2.73. The summed E-state index contributed by atoms with van der Waals surface area (Å²) in [5.74, 6) is 0.704. The Kier molecular flexibility index (Phi) is 4.46. The molecule has 6 rings (SSSR count). The average Bonchev–Trinajstić information content (AvgIpc) is 3.61. The molecule has 2 atom stereocenters. The number of amides is 2. The van der Waals surface area contributed by atoms with Crippen LogP contribution in [0.15, 0.2) is 57.3 Å². The van der Waals surface area contributed by atoms with Crippen molar-refractivity contribution >= 4 is 17.5 Å². The second-order valence-corrected chi connectivity index (χ2v) is 8.25. The van der Waals surface area contributed by atoms with E-state index in [0.717, 1.165) is 30.6 Å². The Bertz CT molecular complexity index is 1280. The summed E-state index contributed by atoms with van der Waals surface area (Å²) in [5, 5.41) is 13.6. The molecule has 3 aromatic rings. The van der Waals surface area contributed by atoms with E-state index in [1.165, 1.54) is 21.0 Å². The van der Waals surface area contributed by atoms with Gasteiger partial charge in [-0.05, 0) is 66.8 Å². The maximum atomic E-state index is 13.3. The minimum atomic E-state index is -0.866. The van der Waals surface area contributed by atoms with Gasteiger partial charge in [0, 0.05) is 5.56 Å². The fourth-order valence-corrected chi connectivity index (χ4v) is 4.62. The lowest BCUT2D eigenvalue weighted by Crippen LogP contribution is -2.39. The zero-order chi connectivity index (χ0) is 22.5. The normalized spacial score (nSPS) is 21.1. The van der Waals surface area contributed by atoms with E-state index in [2.05, 4.69) is 20.5 Å². The summed E-state index contributed by atoms with van der Waals surface area (Å²) in [6.07, 6.45) is 3.09. The van der Waals surface area contributed by atoms with Gasteiger partial charge in [0.15, 0.2) is 12.1 Å². The Morgan fingerprint density at radius 3 is 2.70 bits per heavy atom. The number of imide groups is 1. The van der Waals surface area contributed by atoms with Crippen molar-refractivity contribution in [3.8, 4) is 17.1 Å². The first-order valence-electron chi connectivity index (χ1n) is 10.8. The van der Waals surface area contributed by atoms with Gasteiger partial charge in [-0.15, -0.1) is 0 Å². The lowest BCUT2D eigenvalue weighted by atomic mass is 10.1. The molecule has 0 unspecified atom stereocenters. The number of carbonyl (C=O) groups is 2. The van der Waals surface area contributed by atoms with Crippen molar-refractivity contribution in [1.29, 1.82) is 0 Å². The minimum Gasteiger partial charge on any atom is -0.497 e. The molecule has 0 spiro atoms. The van der Waals surface area contributed by atoms with Gasteiger partial charge in [0.2, 0.25) is 11.7 Å². The number of ether oxygens (including phenoxy) is 1. The lowest BCUT2D eigenvalue weighted by molar-refractivity contribution is -0.123. The van der Waals surface area contributed by atoms with Crippen molar-refractivity contribution in [1.82, 2.24) is 15.1 Å². The van der Waals surface area contributed by atoms with Gasteiger partial charge in [-0.3, -0.25) is 14.6 Å². The molecular formula is C23H20N6O4. The summed E-state index contributed by atoms with van der Waals surface area (Å²) >= 11 is 0. The summed E-state index contributed by atoms with van der Waals surface area (Å²) in [5.41, 5.74) is 3.83. The fraction of sp³-hybridized carbons (Fsp3) is 0.304. The molecule has 1 saturated heterocycles. The molecule has 0 radical (unpaired) electrons. The first kappa shape index (κ1) is 19.6. The van der Waals surface area contributed by atoms with E-state index >= 15 is 0 Å². The molecule has 166 valence electrons. The van der Waals surface area contributed by atoms with Crippen LogP contribution in [0.25, 0.3) is 11.4 Å². The van der Waals surface area contributed by atoms with Gasteiger partial charge in [-0.1, -0.05) is 16.4 Å². The van der Waals surface area contributed by atoms with E-state index in [4.69, 9.17) is 9.26 Å². The highest BCUT2D eigenvalue weighted by Gasteiger charge is 2.55. The molecule has 1 fully saturated rings. The molecule has 1 aromatic heterocycles. The molecule has 0 saturated carbocycles. The lowest BCUT2D eigenvalue weighted by Gasteiger charge is -2.19. The van der Waals surface area contributed by atoms with E-state index in [-0.39, 0.29) is 24.2 Å². The molecule has 0 bridgehead atoms. The van der Waals surface area contributed by atoms with Crippen LogP contribution in [0.4, 0.5) is 5.69 Å². The van der Waals surface area contributed by atoms with Crippen molar-refractivity contribution in [3.05, 3.63) is 59.5 Å². The van der Waals surface area contributed by atoms with Crippen molar-refractivity contribution in [3.63, 3.8) is 0 Å². The van der Waals surface area contributed by atoms with Gasteiger partial charge < -0.3 is 9.26 Å². The molecule has 3 heterocycles. The molecule has 2 aromatic carbocycles. The topological polar surface area (TPSA) is 113 Å². The van der Waals surface area contributed by atoms with Crippen molar-refractivity contribution < 1.29 is 18.8 Å². The van der Waals surface area contributed by atoms with E-state index in [0.29, 0.717) is 11.5 Å². The number of anilines is 1. The SMILES string of the molecule is COc1ccc(-c2noc(CN3N=N[C@H]4C(=O)N(c5ccc6c(c5)CCC6)C(=O)[C@@H]43)n2)cc1. The van der Waals surface area contributed by atoms with Crippen molar-refractivity contribution in [2.45, 2.75) is 37.9 Å². The smallest absolute Gasteiger partial charge is 0.263 e. The third-order valence-electron chi connectivity index (χ3n) is 6.31. The highest BCUT2D eigenvalue weighted by molar-refractivity contribution is 6.25. The van der Waals surface area contributed by atoms with Crippen LogP contribution in [0.3, 0.4) is 0 Å². The Labute approximate surface area is 188 Å². The zero-order valence-corrected chi connectivity index (χ0v) is 17.8. The van der Waals surface area contributed by atoms with Gasteiger partial charge in [0.25, 0.3) is 11.8 Å². The van der Waals surface area contributed by atoms with Crippen LogP contribution in [-0.4, -0.2) is 46.2 Å². The Hall–Kier alpha value is -4.08. The predicted molar refractivity (Wildman–Crippen MR) is 115 cm³/mol. The quantitative estimate of drug-likeness (QED) is 0.556. The van der Waals surface area contributed by atoms with E-state index in [1.54, 1.807) is 19.2 Å². The van der Waals surface area contributed by atoms with Crippen LogP contribution in [0.5, 0.6) is 5.75 Å². The number of aromatic nitrogens is 2. The van der Waals surface area contributed by atoms with Crippen LogP contribution in [0.2, 0.25) is 0 Å². The average molecular weight is 444 g/mol. The number of hydrogen-bond donors (Lipinski definition) is 0. The van der Waals surface area contributed by atoms with Gasteiger partial charge in [0.05, 0.1) is 12.8 Å². The molecule has 33 heavy (non-hydrogen) atoms. The van der Waals surface area contributed by atoms with Crippen molar-refractivity contribution in [2.24, 2.45) is 10.3 Å². The summed E-state index contributed by atoms with van der Waals surface area (Å²) < 4.78 is 10.5. The molecule has 10 heteroatoms. The van der Waals surface area contributed by atoms with E-state index < -0.39 is 12.1 Å². The summed E-state index contributed by atoms with van der Waals surface area (Å²) in [4.78, 5) is 31.9. The highest BCUT2D eigenvalue weighted by atomic mass is 16.5. The number of aryl methyl sites for hydroxylation is 2. The Morgan fingerprint density at radius 1 is 1.06 bits per heavy atom. The maximum Gasteiger partial charge on any atom is 0.263 e. The van der Waals surface area contributed by atoms with Crippen LogP contribution in [0.1, 0.15) is 23.4 Å². The molecule has 3 aliphatic rings. The minimum absolute atomic E-state index is 0.0743. The molecule has 2 amide bonds. The van der Waals surface area contributed by atoms with Crippen LogP contribution in [0, 0.1) is 0 Å². The maximum absolute atomic E-state index is 13.3. The number of fused-ring (bicyclic) bond motifs is 2. The monoisotopic (exact) mass is 444 g/mol. The second-order valence-electron chi connectivity index (χ2n) is 8.25. The van der Waals surface area contributed by atoms with Gasteiger partial charge in [-0.25, -0.2) is 4.90 Å². The first-order valence-corrected chi connectivity index (χ1v) is 10.8. The standard InChI is InChI=1S/C23H20N6O4/c1-32-17-9-6-14(7-10-17)21-24-18(33-26-21)12-28-20-19(25-27-28)22(30)29(23(20)31)16-8-5-13-3-2-4-15(13)11-16/h5-11,19-20H,2-4,12H2,1H3/t19-,20-/m1/s1. The molecule has 0 N–H and O–H groups in total. The summed E-state index contributed by atoms with van der Waals surface area (Å²) in [7, 11) is 1.60. The molecule has 2 aliphatic heterocycles. The second kappa shape index (κ2) is 7.51. The fourth-order valence-electron chi connectivity index (χ4n) is 4.62. The van der Waals surface area contributed by atoms with Gasteiger partial charge in [-0.2, -0.15) is 10.1 Å². The van der Waals surface area contributed by atoms with Crippen molar-refractivity contribution in [2.75, 3.05) is 12.0 Å². The number of benzene rings is 2. The van der Waals surface area contributed by atoms with E-state index in [1.807, 2.05) is 30.3 Å². The van der Waals surface area contributed by atoms with Gasteiger partial charge >= 0.3 is 0 Å². The Balaban J connectivity index is 1.21. The largest absolute Gasteiger partial charge is 0.497 e.